The van der Waals surface area contributed by atoms with Gasteiger partial charge in [-0.15, -0.1) is 0 Å². The molecule has 0 amide bonds. The molecule has 0 fully saturated rings. The number of pyridine rings is 1. The highest BCUT2D eigenvalue weighted by atomic mass is 16.7. The van der Waals surface area contributed by atoms with E-state index in [9.17, 15) is 9.90 Å². The zero-order chi connectivity index (χ0) is 16.8. The summed E-state index contributed by atoms with van der Waals surface area (Å²) in [5.74, 6) is 0.308. The molecular formula is C17H15N3O4. The molecule has 1 aliphatic heterocycles. The molecular weight excluding hydrogens is 310 g/mol. The largest absolute Gasteiger partial charge is 0.478 e. The molecule has 1 aromatic carbocycles. The molecule has 0 radical (unpaired) electrons. The molecule has 7 nitrogen and oxygen atoms in total. The van der Waals surface area contributed by atoms with Crippen LogP contribution in [0.25, 0.3) is 22.3 Å². The molecule has 4 rings (SSSR count). The molecule has 24 heavy (non-hydrogen) atoms. The molecule has 0 saturated carbocycles. The summed E-state index contributed by atoms with van der Waals surface area (Å²) in [7, 11) is 0. The van der Waals surface area contributed by atoms with Gasteiger partial charge in [0.2, 0.25) is 6.79 Å². The van der Waals surface area contributed by atoms with Crippen molar-refractivity contribution in [1.29, 1.82) is 0 Å². The van der Waals surface area contributed by atoms with Crippen LogP contribution in [0.15, 0.2) is 24.3 Å². The summed E-state index contributed by atoms with van der Waals surface area (Å²) in [4.78, 5) is 16.4. The average molecular weight is 325 g/mol. The van der Waals surface area contributed by atoms with Gasteiger partial charge in [0, 0.05) is 12.1 Å². The van der Waals surface area contributed by atoms with Crippen molar-refractivity contribution in [2.24, 2.45) is 0 Å². The summed E-state index contributed by atoms with van der Waals surface area (Å²) >= 11 is 0. The third kappa shape index (κ3) is 2.09. The van der Waals surface area contributed by atoms with Crippen molar-refractivity contribution in [2.45, 2.75) is 20.4 Å². The van der Waals surface area contributed by atoms with E-state index in [0.29, 0.717) is 40.5 Å². The zero-order valence-electron chi connectivity index (χ0n) is 13.2. The molecule has 0 bridgehead atoms. The second-order valence-electron chi connectivity index (χ2n) is 5.53. The highest BCUT2D eigenvalue weighted by Gasteiger charge is 2.20. The van der Waals surface area contributed by atoms with Gasteiger partial charge in [-0.2, -0.15) is 5.10 Å². The third-order valence-electron chi connectivity index (χ3n) is 4.08. The minimum atomic E-state index is -0.997. The summed E-state index contributed by atoms with van der Waals surface area (Å²) in [6.45, 7) is 4.54. The Morgan fingerprint density at radius 2 is 2.08 bits per heavy atom. The second-order valence-corrected chi connectivity index (χ2v) is 5.53. The predicted molar refractivity (Wildman–Crippen MR) is 86.5 cm³/mol. The van der Waals surface area contributed by atoms with Crippen LogP contribution in [-0.2, 0) is 6.54 Å². The van der Waals surface area contributed by atoms with Crippen LogP contribution in [0.4, 0.5) is 0 Å². The van der Waals surface area contributed by atoms with Crippen LogP contribution in [0.3, 0.4) is 0 Å². The molecule has 7 heteroatoms. The molecule has 0 unspecified atom stereocenters. The van der Waals surface area contributed by atoms with Gasteiger partial charge in [0.25, 0.3) is 0 Å². The molecule has 0 atom stereocenters. The maximum Gasteiger partial charge on any atom is 0.336 e. The van der Waals surface area contributed by atoms with Gasteiger partial charge in [0.15, 0.2) is 17.1 Å². The van der Waals surface area contributed by atoms with E-state index in [4.69, 9.17) is 9.47 Å². The Hall–Kier alpha value is -3.09. The number of ether oxygens (including phenoxy) is 2. The number of carboxylic acids is 1. The Morgan fingerprint density at radius 1 is 1.29 bits per heavy atom. The van der Waals surface area contributed by atoms with Crippen LogP contribution in [-0.4, -0.2) is 32.6 Å². The van der Waals surface area contributed by atoms with Crippen LogP contribution in [0.5, 0.6) is 11.5 Å². The van der Waals surface area contributed by atoms with Gasteiger partial charge >= 0.3 is 5.97 Å². The van der Waals surface area contributed by atoms with Gasteiger partial charge in [-0.05, 0) is 38.1 Å². The maximum atomic E-state index is 11.7. The monoisotopic (exact) mass is 325 g/mol. The minimum absolute atomic E-state index is 0.188. The topological polar surface area (TPSA) is 86.5 Å². The highest BCUT2D eigenvalue weighted by molar-refractivity contribution is 6.04. The number of rotatable bonds is 3. The molecule has 2 aromatic heterocycles. The Kier molecular flexibility index (Phi) is 3.16. The Balaban J connectivity index is 1.97. The Bertz CT molecular complexity index is 978. The fourth-order valence-corrected chi connectivity index (χ4v) is 2.95. The molecule has 0 saturated heterocycles. The standard InChI is InChI=1S/C17H15N3O4/c1-3-20-16-15(9(2)19-20)11(17(21)22)7-12(18-16)10-4-5-13-14(6-10)24-8-23-13/h4-7H,3,8H2,1-2H3,(H,21,22). The van der Waals surface area contributed by atoms with E-state index in [1.54, 1.807) is 23.7 Å². The summed E-state index contributed by atoms with van der Waals surface area (Å²) < 4.78 is 12.4. The lowest BCUT2D eigenvalue weighted by atomic mass is 10.1. The molecule has 122 valence electrons. The number of aromatic nitrogens is 3. The maximum absolute atomic E-state index is 11.7. The van der Waals surface area contributed by atoms with Gasteiger partial charge in [-0.25, -0.2) is 14.5 Å². The molecule has 1 aliphatic rings. The first-order chi connectivity index (χ1) is 11.6. The van der Waals surface area contributed by atoms with Gasteiger partial charge in [0.1, 0.15) is 0 Å². The number of hydrogen-bond acceptors (Lipinski definition) is 5. The van der Waals surface area contributed by atoms with E-state index < -0.39 is 5.97 Å². The normalized spacial score (nSPS) is 12.8. The number of fused-ring (bicyclic) bond motifs is 2. The summed E-state index contributed by atoms with van der Waals surface area (Å²) in [6.07, 6.45) is 0. The van der Waals surface area contributed by atoms with Gasteiger partial charge in [0.05, 0.1) is 22.3 Å². The third-order valence-corrected chi connectivity index (χ3v) is 4.08. The van der Waals surface area contributed by atoms with Gasteiger partial charge in [-0.1, -0.05) is 0 Å². The SMILES string of the molecule is CCn1nc(C)c2c(C(=O)O)cc(-c3ccc4c(c3)OCO4)nc21. The van der Waals surface area contributed by atoms with Crippen molar-refractivity contribution in [2.75, 3.05) is 6.79 Å². The van der Waals surface area contributed by atoms with Crippen LogP contribution in [0.1, 0.15) is 23.0 Å². The fraction of sp³-hybridized carbons (Fsp3) is 0.235. The quantitative estimate of drug-likeness (QED) is 0.797. The van der Waals surface area contributed by atoms with E-state index in [2.05, 4.69) is 10.1 Å². The Labute approximate surface area is 137 Å². The Morgan fingerprint density at radius 3 is 2.83 bits per heavy atom. The molecule has 1 N–H and O–H groups in total. The van der Waals surface area contributed by atoms with Crippen molar-refractivity contribution in [3.8, 4) is 22.8 Å². The lowest BCUT2D eigenvalue weighted by Crippen LogP contribution is -2.02. The van der Waals surface area contributed by atoms with E-state index in [1.165, 1.54) is 0 Å². The van der Waals surface area contributed by atoms with Crippen molar-refractivity contribution >= 4 is 17.0 Å². The average Bonchev–Trinajstić information content (AvgIpc) is 3.17. The number of aromatic carboxylic acids is 1. The van der Waals surface area contributed by atoms with Crippen LogP contribution in [0.2, 0.25) is 0 Å². The van der Waals surface area contributed by atoms with Crippen molar-refractivity contribution < 1.29 is 19.4 Å². The summed E-state index contributed by atoms with van der Waals surface area (Å²) in [5, 5.41) is 14.6. The van der Waals surface area contributed by atoms with Crippen LogP contribution in [0, 0.1) is 6.92 Å². The van der Waals surface area contributed by atoms with Gasteiger partial charge < -0.3 is 14.6 Å². The van der Waals surface area contributed by atoms with E-state index in [0.717, 1.165) is 5.56 Å². The number of carbonyl (C=O) groups is 1. The number of hydrogen-bond donors (Lipinski definition) is 1. The highest BCUT2D eigenvalue weighted by Crippen LogP contribution is 2.36. The first-order valence-electron chi connectivity index (χ1n) is 7.60. The molecule has 3 aromatic rings. The molecule has 0 spiro atoms. The number of carboxylic acid groups (broad SMARTS) is 1. The lowest BCUT2D eigenvalue weighted by Gasteiger charge is -2.07. The van der Waals surface area contributed by atoms with Crippen molar-refractivity contribution in [3.05, 3.63) is 35.5 Å². The first-order valence-corrected chi connectivity index (χ1v) is 7.60. The summed E-state index contributed by atoms with van der Waals surface area (Å²) in [5.41, 5.74) is 2.76. The van der Waals surface area contributed by atoms with Crippen molar-refractivity contribution in [1.82, 2.24) is 14.8 Å². The first kappa shape index (κ1) is 14.5. The number of benzene rings is 1. The zero-order valence-corrected chi connectivity index (χ0v) is 13.2. The number of aryl methyl sites for hydroxylation is 2. The van der Waals surface area contributed by atoms with Crippen molar-refractivity contribution in [3.63, 3.8) is 0 Å². The predicted octanol–water partition coefficient (Wildman–Crippen LogP) is 2.85. The lowest BCUT2D eigenvalue weighted by molar-refractivity contribution is 0.0699. The number of nitrogens with zero attached hydrogens (tertiary/aromatic N) is 3. The molecule has 0 aliphatic carbocycles. The van der Waals surface area contributed by atoms with Crippen LogP contribution >= 0.6 is 0 Å². The fourth-order valence-electron chi connectivity index (χ4n) is 2.95. The minimum Gasteiger partial charge on any atom is -0.478 e. The second kappa shape index (κ2) is 5.23. The van der Waals surface area contributed by atoms with E-state index in [1.807, 2.05) is 19.1 Å². The van der Waals surface area contributed by atoms with E-state index >= 15 is 0 Å². The smallest absolute Gasteiger partial charge is 0.336 e. The van der Waals surface area contributed by atoms with Gasteiger partial charge in [-0.3, -0.25) is 0 Å². The van der Waals surface area contributed by atoms with Crippen LogP contribution < -0.4 is 9.47 Å². The molecule has 3 heterocycles. The van der Waals surface area contributed by atoms with E-state index in [-0.39, 0.29) is 12.4 Å². The summed E-state index contributed by atoms with van der Waals surface area (Å²) in [6, 6.07) is 7.03.